The van der Waals surface area contributed by atoms with Crippen molar-refractivity contribution in [3.05, 3.63) is 23.2 Å². The van der Waals surface area contributed by atoms with E-state index in [9.17, 15) is 0 Å². The number of para-hydroxylation sites is 1. The van der Waals surface area contributed by atoms with E-state index in [0.717, 1.165) is 12.2 Å². The van der Waals surface area contributed by atoms with Gasteiger partial charge in [0.2, 0.25) is 0 Å². The van der Waals surface area contributed by atoms with Crippen molar-refractivity contribution in [3.8, 4) is 0 Å². The van der Waals surface area contributed by atoms with Gasteiger partial charge in [0.15, 0.2) is 0 Å². The molecule has 0 bridgehead atoms. The van der Waals surface area contributed by atoms with Crippen LogP contribution in [0.2, 0.25) is 5.02 Å². The zero-order valence-corrected chi connectivity index (χ0v) is 11.2. The summed E-state index contributed by atoms with van der Waals surface area (Å²) in [6, 6.07) is 5.66. The number of hydrogen-bond acceptors (Lipinski definition) is 2. The van der Waals surface area contributed by atoms with Gasteiger partial charge in [0.05, 0.1) is 16.4 Å². The van der Waals surface area contributed by atoms with Crippen molar-refractivity contribution in [1.82, 2.24) is 0 Å². The Morgan fingerprint density at radius 3 is 2.56 bits per heavy atom. The van der Waals surface area contributed by atoms with Gasteiger partial charge in [0.25, 0.3) is 0 Å². The van der Waals surface area contributed by atoms with Crippen LogP contribution in [0.15, 0.2) is 18.2 Å². The highest BCUT2D eigenvalue weighted by molar-refractivity contribution is 6.33. The molecule has 3 N–H and O–H groups in total. The summed E-state index contributed by atoms with van der Waals surface area (Å²) in [7, 11) is 0. The van der Waals surface area contributed by atoms with Crippen LogP contribution in [-0.4, -0.2) is 6.54 Å². The third-order valence-corrected chi connectivity index (χ3v) is 3.68. The summed E-state index contributed by atoms with van der Waals surface area (Å²) in [4.78, 5) is 0. The fourth-order valence-corrected chi connectivity index (χ4v) is 1.39. The molecular weight excluding hydrogens is 220 g/mol. The maximum atomic E-state index is 5.96. The van der Waals surface area contributed by atoms with Gasteiger partial charge in [-0.3, -0.25) is 0 Å². The quantitative estimate of drug-likeness (QED) is 0.781. The van der Waals surface area contributed by atoms with Gasteiger partial charge in [0, 0.05) is 6.54 Å². The monoisotopic (exact) mass is 240 g/mol. The summed E-state index contributed by atoms with van der Waals surface area (Å²) in [5.74, 6) is 0.611. The lowest BCUT2D eigenvalue weighted by Crippen LogP contribution is -2.28. The Kier molecular flexibility index (Phi) is 4.09. The molecule has 0 amide bonds. The minimum atomic E-state index is 0.231. The van der Waals surface area contributed by atoms with E-state index < -0.39 is 0 Å². The molecule has 0 radical (unpaired) electrons. The van der Waals surface area contributed by atoms with Crippen LogP contribution < -0.4 is 11.1 Å². The highest BCUT2D eigenvalue weighted by Gasteiger charge is 2.22. The van der Waals surface area contributed by atoms with Gasteiger partial charge in [-0.2, -0.15) is 0 Å². The zero-order chi connectivity index (χ0) is 12.3. The standard InChI is InChI=1S/C13H21ClN2/c1-9(2)13(3,4)8-16-11-7-5-6-10(14)12(11)15/h5-7,9,16H,8,15H2,1-4H3. The highest BCUT2D eigenvalue weighted by atomic mass is 35.5. The predicted molar refractivity (Wildman–Crippen MR) is 73.0 cm³/mol. The molecule has 0 aromatic heterocycles. The third-order valence-electron chi connectivity index (χ3n) is 3.35. The number of anilines is 2. The molecule has 0 aliphatic rings. The number of halogens is 1. The minimum absolute atomic E-state index is 0.231. The van der Waals surface area contributed by atoms with E-state index in [4.69, 9.17) is 17.3 Å². The Hall–Kier alpha value is -0.890. The normalized spacial score (nSPS) is 11.9. The van der Waals surface area contributed by atoms with E-state index in [1.54, 1.807) is 6.07 Å². The smallest absolute Gasteiger partial charge is 0.0739 e. The lowest BCUT2D eigenvalue weighted by molar-refractivity contribution is 0.270. The van der Waals surface area contributed by atoms with Crippen molar-refractivity contribution in [3.63, 3.8) is 0 Å². The van der Waals surface area contributed by atoms with Crippen molar-refractivity contribution in [2.75, 3.05) is 17.6 Å². The average molecular weight is 241 g/mol. The third kappa shape index (κ3) is 3.05. The van der Waals surface area contributed by atoms with Gasteiger partial charge in [0.1, 0.15) is 0 Å². The molecular formula is C13H21ClN2. The van der Waals surface area contributed by atoms with Crippen LogP contribution in [-0.2, 0) is 0 Å². The Balaban J connectivity index is 2.72. The summed E-state index contributed by atoms with van der Waals surface area (Å²) in [5, 5.41) is 3.97. The van der Waals surface area contributed by atoms with Crippen molar-refractivity contribution >= 4 is 23.0 Å². The van der Waals surface area contributed by atoms with E-state index in [1.807, 2.05) is 12.1 Å². The molecule has 1 aromatic carbocycles. The molecule has 0 saturated carbocycles. The molecule has 0 saturated heterocycles. The Labute approximate surface area is 103 Å². The van der Waals surface area contributed by atoms with Gasteiger partial charge >= 0.3 is 0 Å². The first-order valence-electron chi connectivity index (χ1n) is 5.62. The molecule has 0 heterocycles. The molecule has 0 unspecified atom stereocenters. The summed E-state index contributed by atoms with van der Waals surface area (Å²) in [6.07, 6.45) is 0. The Morgan fingerprint density at radius 1 is 1.38 bits per heavy atom. The Morgan fingerprint density at radius 2 is 2.00 bits per heavy atom. The molecule has 0 aliphatic heterocycles. The van der Waals surface area contributed by atoms with E-state index in [1.165, 1.54) is 0 Å². The second-order valence-electron chi connectivity index (χ2n) is 5.20. The predicted octanol–water partition coefficient (Wildman–Crippen LogP) is 4.02. The van der Waals surface area contributed by atoms with Crippen LogP contribution in [0, 0.1) is 11.3 Å². The van der Waals surface area contributed by atoms with Crippen molar-refractivity contribution < 1.29 is 0 Å². The first-order chi connectivity index (χ1) is 7.34. The number of benzene rings is 1. The van der Waals surface area contributed by atoms with Crippen LogP contribution in [0.1, 0.15) is 27.7 Å². The summed E-state index contributed by atoms with van der Waals surface area (Å²) < 4.78 is 0. The number of hydrogen-bond donors (Lipinski definition) is 2. The topological polar surface area (TPSA) is 38.0 Å². The van der Waals surface area contributed by atoms with Gasteiger partial charge in [-0.1, -0.05) is 45.4 Å². The summed E-state index contributed by atoms with van der Waals surface area (Å²) >= 11 is 5.96. The van der Waals surface area contributed by atoms with E-state index in [-0.39, 0.29) is 5.41 Å². The molecule has 0 fully saturated rings. The maximum Gasteiger partial charge on any atom is 0.0739 e. The molecule has 0 atom stereocenters. The lowest BCUT2D eigenvalue weighted by Gasteiger charge is -2.30. The Bertz CT molecular complexity index is 359. The molecule has 16 heavy (non-hydrogen) atoms. The van der Waals surface area contributed by atoms with E-state index in [2.05, 4.69) is 33.0 Å². The van der Waals surface area contributed by atoms with Crippen LogP contribution in [0.3, 0.4) is 0 Å². The van der Waals surface area contributed by atoms with E-state index in [0.29, 0.717) is 16.6 Å². The number of nitrogens with two attached hydrogens (primary N) is 1. The fraction of sp³-hybridized carbons (Fsp3) is 0.538. The molecule has 0 aliphatic carbocycles. The van der Waals surface area contributed by atoms with E-state index >= 15 is 0 Å². The summed E-state index contributed by atoms with van der Waals surface area (Å²) in [5.41, 5.74) is 7.67. The first-order valence-corrected chi connectivity index (χ1v) is 6.00. The van der Waals surface area contributed by atoms with Gasteiger partial charge < -0.3 is 11.1 Å². The van der Waals surface area contributed by atoms with Crippen LogP contribution in [0.5, 0.6) is 0 Å². The number of rotatable bonds is 4. The van der Waals surface area contributed by atoms with Gasteiger partial charge in [-0.05, 0) is 23.5 Å². The molecule has 0 spiro atoms. The minimum Gasteiger partial charge on any atom is -0.396 e. The maximum absolute atomic E-state index is 5.96. The molecule has 90 valence electrons. The van der Waals surface area contributed by atoms with Gasteiger partial charge in [-0.25, -0.2) is 0 Å². The fourth-order valence-electron chi connectivity index (χ4n) is 1.22. The molecule has 1 aromatic rings. The van der Waals surface area contributed by atoms with Crippen LogP contribution in [0.25, 0.3) is 0 Å². The second-order valence-corrected chi connectivity index (χ2v) is 5.61. The number of nitrogen functional groups attached to an aromatic ring is 1. The van der Waals surface area contributed by atoms with Crippen LogP contribution in [0.4, 0.5) is 11.4 Å². The van der Waals surface area contributed by atoms with Crippen molar-refractivity contribution in [2.45, 2.75) is 27.7 Å². The largest absolute Gasteiger partial charge is 0.396 e. The molecule has 1 rings (SSSR count). The molecule has 2 nitrogen and oxygen atoms in total. The van der Waals surface area contributed by atoms with Crippen molar-refractivity contribution in [1.29, 1.82) is 0 Å². The first kappa shape index (κ1) is 13.2. The lowest BCUT2D eigenvalue weighted by atomic mass is 9.81. The average Bonchev–Trinajstić information content (AvgIpc) is 2.20. The van der Waals surface area contributed by atoms with Gasteiger partial charge in [-0.15, -0.1) is 0 Å². The SMILES string of the molecule is CC(C)C(C)(C)CNc1cccc(Cl)c1N. The van der Waals surface area contributed by atoms with Crippen LogP contribution >= 0.6 is 11.6 Å². The zero-order valence-electron chi connectivity index (χ0n) is 10.5. The van der Waals surface area contributed by atoms with Crippen molar-refractivity contribution in [2.24, 2.45) is 11.3 Å². The second kappa shape index (κ2) is 4.96. The summed E-state index contributed by atoms with van der Waals surface area (Å²) in [6.45, 7) is 9.82. The number of nitrogens with one attached hydrogen (secondary N) is 1. The highest BCUT2D eigenvalue weighted by Crippen LogP contribution is 2.30. The molecule has 3 heteroatoms.